The summed E-state index contributed by atoms with van der Waals surface area (Å²) in [7, 11) is 0. The number of alkyl halides is 3. The minimum atomic E-state index is -4.43. The van der Waals surface area contributed by atoms with Crippen LogP contribution in [0.15, 0.2) is 102 Å². The molecule has 1 aromatic heterocycles. The van der Waals surface area contributed by atoms with Crippen LogP contribution in [-0.2, 0) is 23.8 Å². The van der Waals surface area contributed by atoms with E-state index in [0.717, 1.165) is 17.8 Å². The summed E-state index contributed by atoms with van der Waals surface area (Å²) in [5, 5.41) is 2.80. The summed E-state index contributed by atoms with van der Waals surface area (Å²) in [6.45, 7) is 0. The lowest BCUT2D eigenvalue weighted by Gasteiger charge is -2.13. The largest absolute Gasteiger partial charge is 0.611 e. The van der Waals surface area contributed by atoms with Gasteiger partial charge in [-0.25, -0.2) is 0 Å². The van der Waals surface area contributed by atoms with Crippen LogP contribution in [0.1, 0.15) is 21.6 Å². The van der Waals surface area contributed by atoms with E-state index in [1.54, 1.807) is 54.7 Å². The second-order valence-corrected chi connectivity index (χ2v) is 9.29. The average molecular weight is 495 g/mol. The van der Waals surface area contributed by atoms with E-state index >= 15 is 0 Å². The summed E-state index contributed by atoms with van der Waals surface area (Å²) in [4.78, 5) is 17.8. The number of hydrogen-bond acceptors (Lipinski definition) is 3. The van der Waals surface area contributed by atoms with E-state index in [9.17, 15) is 22.5 Å². The SMILES string of the molecule is O=C(Nc1ccc([S+]([O-])CCc2ccccn2)cc1)c1ccccc1-c1ccc(C(F)(F)F)cc1. The zero-order valence-electron chi connectivity index (χ0n) is 18.5. The number of rotatable bonds is 7. The van der Waals surface area contributed by atoms with Crippen LogP contribution in [0.4, 0.5) is 18.9 Å². The molecule has 3 aromatic carbocycles. The molecule has 1 atom stereocenters. The number of hydrogen-bond donors (Lipinski definition) is 1. The molecule has 35 heavy (non-hydrogen) atoms. The predicted molar refractivity (Wildman–Crippen MR) is 130 cm³/mol. The number of carbonyl (C=O) groups is 1. The second-order valence-electron chi connectivity index (χ2n) is 7.72. The van der Waals surface area contributed by atoms with Crippen LogP contribution in [-0.4, -0.2) is 21.2 Å². The highest BCUT2D eigenvalue weighted by Gasteiger charge is 2.30. The van der Waals surface area contributed by atoms with Gasteiger partial charge in [0.1, 0.15) is 5.75 Å². The van der Waals surface area contributed by atoms with E-state index in [1.807, 2.05) is 18.2 Å². The zero-order valence-corrected chi connectivity index (χ0v) is 19.3. The van der Waals surface area contributed by atoms with Crippen molar-refractivity contribution in [1.29, 1.82) is 0 Å². The Balaban J connectivity index is 1.44. The van der Waals surface area contributed by atoms with E-state index < -0.39 is 28.8 Å². The van der Waals surface area contributed by atoms with Gasteiger partial charge in [0.25, 0.3) is 5.91 Å². The Bertz CT molecular complexity index is 1280. The van der Waals surface area contributed by atoms with Crippen molar-refractivity contribution < 1.29 is 22.5 Å². The van der Waals surface area contributed by atoms with Crippen LogP contribution >= 0.6 is 0 Å². The Kier molecular flexibility index (Phi) is 7.53. The Morgan fingerprint density at radius 1 is 0.886 bits per heavy atom. The van der Waals surface area contributed by atoms with Gasteiger partial charge in [0, 0.05) is 29.6 Å². The molecular formula is C27H21F3N2O2S. The summed E-state index contributed by atoms with van der Waals surface area (Å²) >= 11 is -1.21. The third-order valence-electron chi connectivity index (χ3n) is 5.34. The summed E-state index contributed by atoms with van der Waals surface area (Å²) in [5.41, 5.74) is 1.99. The number of nitrogens with zero attached hydrogens (tertiary/aromatic N) is 1. The van der Waals surface area contributed by atoms with Gasteiger partial charge in [0.2, 0.25) is 0 Å². The molecule has 0 fully saturated rings. The first-order chi connectivity index (χ1) is 16.8. The first kappa shape index (κ1) is 24.5. The Morgan fingerprint density at radius 3 is 2.23 bits per heavy atom. The van der Waals surface area contributed by atoms with Crippen LogP contribution in [0, 0.1) is 0 Å². The average Bonchev–Trinajstić information content (AvgIpc) is 2.88. The summed E-state index contributed by atoms with van der Waals surface area (Å²) in [5.74, 6) is 0.0352. The number of pyridine rings is 1. The predicted octanol–water partition coefficient (Wildman–Crippen LogP) is 6.37. The van der Waals surface area contributed by atoms with Gasteiger partial charge >= 0.3 is 6.18 Å². The molecule has 8 heteroatoms. The molecule has 0 bridgehead atoms. The Labute approximate surface area is 204 Å². The van der Waals surface area contributed by atoms with Crippen molar-refractivity contribution in [3.8, 4) is 11.1 Å². The lowest BCUT2D eigenvalue weighted by Crippen LogP contribution is -2.14. The van der Waals surface area contributed by atoms with Gasteiger partial charge in [0.15, 0.2) is 4.90 Å². The smallest absolute Gasteiger partial charge is 0.416 e. The molecule has 1 heterocycles. The number of aryl methyl sites for hydroxylation is 1. The molecule has 1 amide bonds. The van der Waals surface area contributed by atoms with Crippen molar-refractivity contribution in [2.24, 2.45) is 0 Å². The topological polar surface area (TPSA) is 65.0 Å². The van der Waals surface area contributed by atoms with Gasteiger partial charge < -0.3 is 9.87 Å². The first-order valence-electron chi connectivity index (χ1n) is 10.8. The van der Waals surface area contributed by atoms with Crippen LogP contribution in [0.5, 0.6) is 0 Å². The Hall–Kier alpha value is -3.62. The van der Waals surface area contributed by atoms with Crippen molar-refractivity contribution in [2.45, 2.75) is 17.5 Å². The molecule has 0 saturated heterocycles. The molecule has 0 spiro atoms. The number of aromatic nitrogens is 1. The number of amides is 1. The number of halogens is 3. The quantitative estimate of drug-likeness (QED) is 0.304. The maximum atomic E-state index is 13.0. The summed E-state index contributed by atoms with van der Waals surface area (Å²) < 4.78 is 51.2. The normalized spacial score (nSPS) is 12.2. The molecule has 1 N–H and O–H groups in total. The van der Waals surface area contributed by atoms with Crippen LogP contribution in [0.2, 0.25) is 0 Å². The fourth-order valence-corrected chi connectivity index (χ4v) is 4.59. The molecule has 1 unspecified atom stereocenters. The Morgan fingerprint density at radius 2 is 1.57 bits per heavy atom. The molecule has 4 rings (SSSR count). The van der Waals surface area contributed by atoms with Crippen LogP contribution < -0.4 is 5.32 Å². The van der Waals surface area contributed by atoms with Gasteiger partial charge in [-0.05, 0) is 76.9 Å². The highest BCUT2D eigenvalue weighted by atomic mass is 32.2. The van der Waals surface area contributed by atoms with E-state index in [1.165, 1.54) is 12.1 Å². The monoisotopic (exact) mass is 494 g/mol. The zero-order chi connectivity index (χ0) is 24.8. The molecule has 0 aliphatic carbocycles. The molecule has 0 aliphatic heterocycles. The molecule has 0 radical (unpaired) electrons. The van der Waals surface area contributed by atoms with E-state index in [4.69, 9.17) is 0 Å². The minimum Gasteiger partial charge on any atom is -0.611 e. The lowest BCUT2D eigenvalue weighted by molar-refractivity contribution is -0.137. The van der Waals surface area contributed by atoms with Crippen LogP contribution in [0.25, 0.3) is 11.1 Å². The van der Waals surface area contributed by atoms with E-state index in [0.29, 0.717) is 39.4 Å². The standard InChI is InChI=1S/C27H21F3N2O2S/c28-27(29,30)20-10-8-19(9-11-20)24-6-1-2-7-25(24)26(33)32-22-12-14-23(15-13-22)35(34)18-16-21-5-3-4-17-31-21/h1-15,17H,16,18H2,(H,32,33). The number of benzene rings is 3. The number of nitrogens with one attached hydrogen (secondary N) is 1. The molecule has 4 nitrogen and oxygen atoms in total. The van der Waals surface area contributed by atoms with Crippen molar-refractivity contribution >= 4 is 22.8 Å². The molecule has 0 saturated carbocycles. The highest BCUT2D eigenvalue weighted by Crippen LogP contribution is 2.32. The third kappa shape index (κ3) is 6.29. The fraction of sp³-hybridized carbons (Fsp3) is 0.111. The molecular weight excluding hydrogens is 473 g/mol. The van der Waals surface area contributed by atoms with Crippen molar-refractivity contribution in [1.82, 2.24) is 4.98 Å². The van der Waals surface area contributed by atoms with Crippen molar-refractivity contribution in [2.75, 3.05) is 11.1 Å². The maximum absolute atomic E-state index is 13.0. The van der Waals surface area contributed by atoms with Crippen molar-refractivity contribution in [3.05, 3.63) is 114 Å². The third-order valence-corrected chi connectivity index (χ3v) is 6.71. The number of anilines is 1. The minimum absolute atomic E-state index is 0.329. The van der Waals surface area contributed by atoms with Gasteiger partial charge in [-0.3, -0.25) is 9.78 Å². The lowest BCUT2D eigenvalue weighted by atomic mass is 9.98. The summed E-state index contributed by atoms with van der Waals surface area (Å²) in [6.07, 6.45) is -2.14. The van der Waals surface area contributed by atoms with E-state index in [2.05, 4.69) is 10.3 Å². The first-order valence-corrected chi connectivity index (χ1v) is 12.1. The van der Waals surface area contributed by atoms with Crippen molar-refractivity contribution in [3.63, 3.8) is 0 Å². The van der Waals surface area contributed by atoms with E-state index in [-0.39, 0.29) is 0 Å². The highest BCUT2D eigenvalue weighted by molar-refractivity contribution is 7.91. The van der Waals surface area contributed by atoms with Gasteiger partial charge in [0.05, 0.1) is 5.56 Å². The maximum Gasteiger partial charge on any atom is 0.416 e. The van der Waals surface area contributed by atoms with Crippen LogP contribution in [0.3, 0.4) is 0 Å². The number of carbonyl (C=O) groups excluding carboxylic acids is 1. The van der Waals surface area contributed by atoms with Gasteiger partial charge in [-0.15, -0.1) is 0 Å². The molecule has 0 aliphatic rings. The molecule has 178 valence electrons. The van der Waals surface area contributed by atoms with Gasteiger partial charge in [-0.1, -0.05) is 36.4 Å². The fourth-order valence-electron chi connectivity index (χ4n) is 3.52. The molecule has 4 aromatic rings. The van der Waals surface area contributed by atoms with Gasteiger partial charge in [-0.2, -0.15) is 13.2 Å². The summed E-state index contributed by atoms with van der Waals surface area (Å²) in [6, 6.07) is 23.8. The second kappa shape index (κ2) is 10.8.